The lowest BCUT2D eigenvalue weighted by atomic mass is 9.80. The van der Waals surface area contributed by atoms with Gasteiger partial charge in [-0.2, -0.15) is 8.78 Å². The van der Waals surface area contributed by atoms with E-state index in [2.05, 4.69) is 9.73 Å². The zero-order valence-corrected chi connectivity index (χ0v) is 14.0. The minimum Gasteiger partial charge on any atom is -0.435 e. The Hall–Kier alpha value is -3.00. The maximum absolute atomic E-state index is 13.1. The third-order valence-corrected chi connectivity index (χ3v) is 4.36. The van der Waals surface area contributed by atoms with E-state index in [0.29, 0.717) is 11.1 Å². The van der Waals surface area contributed by atoms with Gasteiger partial charge < -0.3 is 16.2 Å². The summed E-state index contributed by atoms with van der Waals surface area (Å²) in [6, 6.07) is 13.0. The molecule has 1 amide bonds. The Morgan fingerprint density at radius 3 is 2.38 bits per heavy atom. The Labute approximate surface area is 149 Å². The van der Waals surface area contributed by atoms with Crippen molar-refractivity contribution in [2.75, 3.05) is 7.05 Å². The summed E-state index contributed by atoms with van der Waals surface area (Å²) in [4.78, 5) is 18.8. The van der Waals surface area contributed by atoms with Gasteiger partial charge in [0, 0.05) is 13.6 Å². The summed E-state index contributed by atoms with van der Waals surface area (Å²) < 4.78 is 29.2. The minimum atomic E-state index is -2.93. The molecule has 136 valence electrons. The number of benzene rings is 2. The fraction of sp³-hybridized carbons (Fsp3) is 0.222. The van der Waals surface area contributed by atoms with Gasteiger partial charge in [0.05, 0.1) is 0 Å². The van der Waals surface area contributed by atoms with E-state index in [1.165, 1.54) is 36.2 Å². The average Bonchev–Trinajstić information content (AvgIpc) is 2.87. The first-order valence-electron chi connectivity index (χ1n) is 7.87. The number of carbonyl (C=O) groups is 1. The van der Waals surface area contributed by atoms with Crippen LogP contribution in [0.4, 0.5) is 8.78 Å². The summed E-state index contributed by atoms with van der Waals surface area (Å²) in [5.41, 5.74) is 12.1. The molecule has 2 aromatic rings. The van der Waals surface area contributed by atoms with Crippen molar-refractivity contribution < 1.29 is 18.3 Å². The van der Waals surface area contributed by atoms with Crippen LogP contribution in [0.5, 0.6) is 5.75 Å². The second-order valence-electron chi connectivity index (χ2n) is 5.81. The maximum atomic E-state index is 13.1. The van der Waals surface area contributed by atoms with Gasteiger partial charge in [0.2, 0.25) is 0 Å². The van der Waals surface area contributed by atoms with Crippen molar-refractivity contribution in [1.82, 2.24) is 4.90 Å². The van der Waals surface area contributed by atoms with Crippen LogP contribution in [0.25, 0.3) is 0 Å². The number of guanidine groups is 1. The Bertz CT molecular complexity index is 855. The number of hydrogen-bond acceptors (Lipinski definition) is 5. The van der Waals surface area contributed by atoms with Crippen LogP contribution in [0.2, 0.25) is 0 Å². The van der Waals surface area contributed by atoms with Crippen LogP contribution in [0.1, 0.15) is 16.7 Å². The number of amides is 1. The summed E-state index contributed by atoms with van der Waals surface area (Å²) in [6.45, 7) is -2.72. The third-order valence-electron chi connectivity index (χ3n) is 4.36. The van der Waals surface area contributed by atoms with Crippen molar-refractivity contribution in [1.29, 1.82) is 0 Å². The molecule has 4 N–H and O–H groups in total. The predicted molar refractivity (Wildman–Crippen MR) is 92.6 cm³/mol. The number of ether oxygens (including phenoxy) is 1. The SMILES string of the molecule is CN1C(=O)C(c2ccc(OC(F)F)cc2)(c2ccccc2CN)N=C1N. The Kier molecular flexibility index (Phi) is 4.60. The average molecular weight is 360 g/mol. The highest BCUT2D eigenvalue weighted by Crippen LogP contribution is 2.41. The molecule has 0 spiro atoms. The number of likely N-dealkylation sites (N-methyl/N-ethyl adjacent to an activating group) is 1. The van der Waals surface area contributed by atoms with Gasteiger partial charge in [-0.05, 0) is 28.8 Å². The van der Waals surface area contributed by atoms with Crippen LogP contribution in [0, 0.1) is 0 Å². The number of alkyl halides is 2. The van der Waals surface area contributed by atoms with Crippen LogP contribution in [-0.2, 0) is 16.9 Å². The summed E-state index contributed by atoms with van der Waals surface area (Å²) in [5, 5.41) is 0. The lowest BCUT2D eigenvalue weighted by Gasteiger charge is -2.28. The van der Waals surface area contributed by atoms with Gasteiger partial charge in [-0.25, -0.2) is 4.99 Å². The molecule has 0 aromatic heterocycles. The van der Waals surface area contributed by atoms with Gasteiger partial charge in [-0.1, -0.05) is 36.4 Å². The molecule has 1 aliphatic heterocycles. The van der Waals surface area contributed by atoms with Gasteiger partial charge in [0.1, 0.15) is 5.75 Å². The predicted octanol–water partition coefficient (Wildman–Crippen LogP) is 1.78. The molecule has 1 heterocycles. The van der Waals surface area contributed by atoms with Gasteiger partial charge >= 0.3 is 6.61 Å². The van der Waals surface area contributed by atoms with Crippen molar-refractivity contribution in [3.05, 3.63) is 65.2 Å². The van der Waals surface area contributed by atoms with Crippen molar-refractivity contribution in [3.8, 4) is 5.75 Å². The first-order chi connectivity index (χ1) is 12.4. The number of nitrogens with zero attached hydrogens (tertiary/aromatic N) is 2. The van der Waals surface area contributed by atoms with Crippen LogP contribution in [0.15, 0.2) is 53.5 Å². The molecule has 0 saturated carbocycles. The van der Waals surface area contributed by atoms with Crippen molar-refractivity contribution >= 4 is 11.9 Å². The first-order valence-corrected chi connectivity index (χ1v) is 7.87. The van der Waals surface area contributed by atoms with Crippen LogP contribution < -0.4 is 16.2 Å². The van der Waals surface area contributed by atoms with Crippen molar-refractivity contribution in [3.63, 3.8) is 0 Å². The molecule has 0 saturated heterocycles. The highest BCUT2D eigenvalue weighted by molar-refractivity contribution is 6.09. The van der Waals surface area contributed by atoms with E-state index >= 15 is 0 Å². The molecule has 8 heteroatoms. The summed E-state index contributed by atoms with van der Waals surface area (Å²) in [7, 11) is 1.53. The molecule has 1 atom stereocenters. The lowest BCUT2D eigenvalue weighted by molar-refractivity contribution is -0.129. The van der Waals surface area contributed by atoms with E-state index in [1.54, 1.807) is 12.1 Å². The van der Waals surface area contributed by atoms with E-state index in [0.717, 1.165) is 5.56 Å². The molecule has 26 heavy (non-hydrogen) atoms. The third kappa shape index (κ3) is 2.78. The molecule has 1 unspecified atom stereocenters. The highest BCUT2D eigenvalue weighted by Gasteiger charge is 2.50. The molecule has 6 nitrogen and oxygen atoms in total. The molecule has 0 radical (unpaired) electrons. The Balaban J connectivity index is 2.19. The van der Waals surface area contributed by atoms with E-state index in [-0.39, 0.29) is 24.2 Å². The second kappa shape index (κ2) is 6.72. The largest absolute Gasteiger partial charge is 0.435 e. The first kappa shape index (κ1) is 17.8. The smallest absolute Gasteiger partial charge is 0.387 e. The monoisotopic (exact) mass is 360 g/mol. The number of carbonyl (C=O) groups excluding carboxylic acids is 1. The van der Waals surface area contributed by atoms with Gasteiger partial charge in [-0.3, -0.25) is 9.69 Å². The van der Waals surface area contributed by atoms with Crippen molar-refractivity contribution in [2.24, 2.45) is 16.5 Å². The topological polar surface area (TPSA) is 93.9 Å². The number of hydrogen-bond donors (Lipinski definition) is 2. The van der Waals surface area contributed by atoms with Crippen LogP contribution >= 0.6 is 0 Å². The van der Waals surface area contributed by atoms with Crippen molar-refractivity contribution in [2.45, 2.75) is 18.7 Å². The summed E-state index contributed by atoms with van der Waals surface area (Å²) in [6.07, 6.45) is 0. The van der Waals surface area contributed by atoms with E-state index in [4.69, 9.17) is 11.5 Å². The minimum absolute atomic E-state index is 0.0123. The number of rotatable bonds is 5. The fourth-order valence-corrected chi connectivity index (χ4v) is 3.09. The number of aliphatic imine (C=N–C) groups is 1. The zero-order chi connectivity index (χ0) is 18.9. The lowest BCUT2D eigenvalue weighted by Crippen LogP contribution is -2.41. The standard InChI is InChI=1S/C18H18F2N4O2/c1-24-15(25)18(23-17(24)22,14-5-3-2-4-11(14)10-21)12-6-8-13(9-7-12)26-16(19)20/h2-9,16H,10,21H2,1H3,(H2,22,23). The molecule has 1 aliphatic rings. The molecule has 2 aromatic carbocycles. The van der Waals surface area contributed by atoms with Gasteiger partial charge in [0.25, 0.3) is 5.91 Å². The van der Waals surface area contributed by atoms with Crippen LogP contribution in [-0.4, -0.2) is 30.4 Å². The van der Waals surface area contributed by atoms with E-state index < -0.39 is 12.2 Å². The number of nitrogens with two attached hydrogens (primary N) is 2. The quantitative estimate of drug-likeness (QED) is 0.850. The molecule has 3 rings (SSSR count). The number of halogens is 2. The summed E-state index contributed by atoms with van der Waals surface area (Å²) in [5.74, 6) is -0.296. The van der Waals surface area contributed by atoms with Gasteiger partial charge in [-0.15, -0.1) is 0 Å². The molecular formula is C18H18F2N4O2. The van der Waals surface area contributed by atoms with E-state index in [9.17, 15) is 13.6 Å². The Morgan fingerprint density at radius 2 is 1.85 bits per heavy atom. The fourth-order valence-electron chi connectivity index (χ4n) is 3.09. The summed E-state index contributed by atoms with van der Waals surface area (Å²) >= 11 is 0. The molecule has 0 bridgehead atoms. The molecule has 0 fully saturated rings. The normalized spacial score (nSPS) is 19.8. The maximum Gasteiger partial charge on any atom is 0.387 e. The molecular weight excluding hydrogens is 342 g/mol. The van der Waals surface area contributed by atoms with E-state index in [1.807, 2.05) is 12.1 Å². The van der Waals surface area contributed by atoms with Gasteiger partial charge in [0.15, 0.2) is 11.5 Å². The highest BCUT2D eigenvalue weighted by atomic mass is 19.3. The molecule has 0 aliphatic carbocycles. The second-order valence-corrected chi connectivity index (χ2v) is 5.81. The Morgan fingerprint density at radius 1 is 1.19 bits per heavy atom. The van der Waals surface area contributed by atoms with Crippen LogP contribution in [0.3, 0.4) is 0 Å². The zero-order valence-electron chi connectivity index (χ0n) is 14.0.